The number of hydrogen-bond acceptors (Lipinski definition) is 11. The molecule has 3 rings (SSSR count). The van der Waals surface area contributed by atoms with Gasteiger partial charge in [0.2, 0.25) is 23.6 Å². The van der Waals surface area contributed by atoms with Gasteiger partial charge in [0.15, 0.2) is 0 Å². The van der Waals surface area contributed by atoms with E-state index in [2.05, 4.69) is 21.3 Å². The number of aromatic nitrogens is 1. The fourth-order valence-corrected chi connectivity index (χ4v) is 6.23. The van der Waals surface area contributed by atoms with Gasteiger partial charge >= 0.3 is 12.1 Å². The number of nitrogens with one attached hydrogen (secondary N) is 4. The summed E-state index contributed by atoms with van der Waals surface area (Å²) in [6, 6.07) is 9.57. The first-order valence-electron chi connectivity index (χ1n) is 21.1. The van der Waals surface area contributed by atoms with Crippen molar-refractivity contribution in [3.8, 4) is 5.75 Å². The second kappa shape index (κ2) is 22.0. The van der Waals surface area contributed by atoms with Crippen LogP contribution in [0.5, 0.6) is 5.75 Å². The van der Waals surface area contributed by atoms with E-state index in [9.17, 15) is 28.8 Å². The maximum absolute atomic E-state index is 14.2. The van der Waals surface area contributed by atoms with Crippen molar-refractivity contribution in [3.63, 3.8) is 0 Å². The summed E-state index contributed by atoms with van der Waals surface area (Å²) in [7, 11) is 0. The minimum absolute atomic E-state index is 0.00416. The van der Waals surface area contributed by atoms with E-state index in [-0.39, 0.29) is 32.0 Å². The molecule has 1 aromatic heterocycles. The van der Waals surface area contributed by atoms with Crippen molar-refractivity contribution in [2.24, 2.45) is 11.7 Å². The number of hydrogen-bond donors (Lipinski definition) is 5. The first-order chi connectivity index (χ1) is 28.7. The third-order valence-corrected chi connectivity index (χ3v) is 8.93. The van der Waals surface area contributed by atoms with Gasteiger partial charge in [0.05, 0.1) is 36.9 Å². The molecule has 0 unspecified atom stereocenters. The first kappa shape index (κ1) is 50.9. The number of para-hydroxylation sites is 1. The second-order valence-corrected chi connectivity index (χ2v) is 18.7. The van der Waals surface area contributed by atoms with Crippen LogP contribution in [0.25, 0.3) is 10.9 Å². The molecule has 0 bridgehead atoms. The maximum Gasteiger partial charge on any atom is 0.419 e. The van der Waals surface area contributed by atoms with Gasteiger partial charge in [-0.3, -0.25) is 23.7 Å². The summed E-state index contributed by atoms with van der Waals surface area (Å²) in [5.74, 6) is -2.65. The predicted molar refractivity (Wildman–Crippen MR) is 236 cm³/mol. The van der Waals surface area contributed by atoms with Crippen LogP contribution < -0.4 is 31.7 Å². The average Bonchev–Trinajstić information content (AvgIpc) is 3.52. The van der Waals surface area contributed by atoms with Gasteiger partial charge in [-0.1, -0.05) is 44.2 Å². The number of rotatable bonds is 19. The maximum atomic E-state index is 14.2. The molecule has 4 amide bonds. The summed E-state index contributed by atoms with van der Waals surface area (Å²) >= 11 is 0. The van der Waals surface area contributed by atoms with Crippen LogP contribution >= 0.6 is 0 Å². The lowest BCUT2D eigenvalue weighted by molar-refractivity contribution is -0.147. The molecule has 0 radical (unpaired) electrons. The number of ether oxygens (including phenoxy) is 4. The molecule has 16 nitrogen and oxygen atoms in total. The average molecular weight is 865 g/mol. The third-order valence-electron chi connectivity index (χ3n) is 8.93. The normalized spacial score (nSPS) is 14.0. The fourth-order valence-electron chi connectivity index (χ4n) is 6.23. The Balaban J connectivity index is 1.87. The molecule has 342 valence electrons. The van der Waals surface area contributed by atoms with E-state index >= 15 is 0 Å². The zero-order valence-corrected chi connectivity index (χ0v) is 38.4. The van der Waals surface area contributed by atoms with Gasteiger partial charge in [-0.25, -0.2) is 9.59 Å². The van der Waals surface area contributed by atoms with Crippen molar-refractivity contribution in [2.75, 3.05) is 19.8 Å². The van der Waals surface area contributed by atoms with Gasteiger partial charge in [-0.2, -0.15) is 0 Å². The number of fused-ring (bicyclic) bond motifs is 1. The van der Waals surface area contributed by atoms with E-state index in [1.54, 1.807) is 97.1 Å². The third kappa shape index (κ3) is 17.1. The number of nitrogens with zero attached hydrogens (tertiary/aromatic N) is 1. The van der Waals surface area contributed by atoms with E-state index in [4.69, 9.17) is 24.7 Å². The Morgan fingerprint density at radius 1 is 0.726 bits per heavy atom. The van der Waals surface area contributed by atoms with Crippen molar-refractivity contribution < 1.29 is 47.7 Å². The van der Waals surface area contributed by atoms with Crippen LogP contribution in [0.15, 0.2) is 54.7 Å². The van der Waals surface area contributed by atoms with Gasteiger partial charge in [-0.05, 0) is 117 Å². The Kier molecular flexibility index (Phi) is 18.1. The van der Waals surface area contributed by atoms with Crippen LogP contribution in [0.3, 0.4) is 0 Å². The van der Waals surface area contributed by atoms with Crippen LogP contribution in [0.1, 0.15) is 101 Å². The highest BCUT2D eigenvalue weighted by Gasteiger charge is 2.32. The number of carbonyl (C=O) groups excluding carboxylic acids is 6. The van der Waals surface area contributed by atoms with E-state index in [1.807, 2.05) is 40.7 Å². The molecule has 0 saturated heterocycles. The highest BCUT2D eigenvalue weighted by Crippen LogP contribution is 2.24. The molecule has 0 spiro atoms. The van der Waals surface area contributed by atoms with E-state index in [0.29, 0.717) is 34.2 Å². The van der Waals surface area contributed by atoms with Gasteiger partial charge < -0.3 is 45.9 Å². The van der Waals surface area contributed by atoms with Crippen molar-refractivity contribution in [2.45, 2.75) is 143 Å². The summed E-state index contributed by atoms with van der Waals surface area (Å²) in [5.41, 5.74) is 6.41. The zero-order valence-electron chi connectivity index (χ0n) is 38.4. The highest BCUT2D eigenvalue weighted by molar-refractivity contribution is 5.96. The minimum Gasteiger partial charge on any atom is -0.488 e. The molecule has 3 aromatic rings. The molecule has 0 aliphatic heterocycles. The first-order valence-corrected chi connectivity index (χ1v) is 21.1. The fraction of sp³-hybridized carbons (Fsp3) is 0.565. The Morgan fingerprint density at radius 2 is 1.35 bits per heavy atom. The van der Waals surface area contributed by atoms with Crippen LogP contribution in [-0.4, -0.2) is 101 Å². The Bertz CT molecular complexity index is 2010. The number of benzene rings is 2. The lowest BCUT2D eigenvalue weighted by atomic mass is 10.0. The minimum atomic E-state index is -1.31. The molecule has 0 saturated carbocycles. The van der Waals surface area contributed by atoms with E-state index in [0.717, 1.165) is 0 Å². The number of esters is 1. The quantitative estimate of drug-likeness (QED) is 0.104. The summed E-state index contributed by atoms with van der Waals surface area (Å²) < 4.78 is 24.0. The zero-order chi connectivity index (χ0) is 46.6. The molecule has 0 fully saturated rings. The summed E-state index contributed by atoms with van der Waals surface area (Å²) in [6.45, 7) is 21.3. The lowest BCUT2D eigenvalue weighted by Crippen LogP contribution is -2.58. The van der Waals surface area contributed by atoms with Crippen molar-refractivity contribution in [1.29, 1.82) is 0 Å². The predicted octanol–water partition coefficient (Wildman–Crippen LogP) is 4.71. The molecule has 0 aliphatic rings. The number of nitrogens with two attached hydrogens (primary N) is 1. The Morgan fingerprint density at radius 3 is 1.94 bits per heavy atom. The molecular formula is C46H68N6O10. The Hall–Kier alpha value is -5.48. The Labute approximate surface area is 365 Å². The molecule has 6 N–H and O–H groups in total. The second-order valence-electron chi connectivity index (χ2n) is 18.7. The highest BCUT2D eigenvalue weighted by atomic mass is 16.6. The molecule has 2 aromatic carbocycles. The van der Waals surface area contributed by atoms with Gasteiger partial charge in [0.25, 0.3) is 0 Å². The number of carbonyl (C=O) groups is 6. The molecule has 0 aliphatic carbocycles. The topological polar surface area (TPSA) is 218 Å². The van der Waals surface area contributed by atoms with E-state index in [1.165, 1.54) is 4.57 Å². The van der Waals surface area contributed by atoms with Gasteiger partial charge in [0, 0.05) is 18.0 Å². The summed E-state index contributed by atoms with van der Waals surface area (Å²) in [5, 5.41) is 11.4. The van der Waals surface area contributed by atoms with Crippen molar-refractivity contribution in [3.05, 3.63) is 65.9 Å². The largest absolute Gasteiger partial charge is 0.488 e. The van der Waals surface area contributed by atoms with Crippen LogP contribution in [0, 0.1) is 5.92 Å². The lowest BCUT2D eigenvalue weighted by Gasteiger charge is -2.27. The monoisotopic (exact) mass is 864 g/mol. The van der Waals surface area contributed by atoms with Gasteiger partial charge in [-0.15, -0.1) is 0 Å². The van der Waals surface area contributed by atoms with Crippen molar-refractivity contribution >= 4 is 46.6 Å². The van der Waals surface area contributed by atoms with Crippen LogP contribution in [0.2, 0.25) is 0 Å². The standard InChI is InChI=1S/C46H68N6O10/c1-13-59-42(57)35(22-28(2)3)49-38(53)25-48-40(55)34(23-29-18-20-31(21-19-29)61-45(7,8)9)50-41(56)36(27-60-44(4,5)6)51-39(54)33(47)24-30-26-52(43(58)62-46(10,11)12)37-17-15-14-16-32(30)37/h14-21,26,28,33-36H,13,22-25,27,47H2,1-12H3,(H,48,55)(H,49,53)(H,50,56)(H,51,54)/t33-,34-,35-,36-/m0/s1. The SMILES string of the molecule is CCOC(=O)[C@H](CC(C)C)NC(=O)CNC(=O)[C@H](Cc1ccc(OC(C)(C)C)cc1)NC(=O)[C@H](COC(C)(C)C)NC(=O)[C@@H](N)Cc1cn(C(=O)OC(C)(C)C)c2ccccc12. The molecule has 4 atom stereocenters. The molecule has 1 heterocycles. The smallest absolute Gasteiger partial charge is 0.419 e. The van der Waals surface area contributed by atoms with Crippen LogP contribution in [-0.2, 0) is 51.0 Å². The van der Waals surface area contributed by atoms with Crippen LogP contribution in [0.4, 0.5) is 4.79 Å². The molecule has 16 heteroatoms. The van der Waals surface area contributed by atoms with Gasteiger partial charge in [0.1, 0.15) is 35.1 Å². The van der Waals surface area contributed by atoms with E-state index < -0.39 is 83.2 Å². The van der Waals surface area contributed by atoms with Crippen molar-refractivity contribution in [1.82, 2.24) is 25.8 Å². The number of amides is 4. The molecule has 62 heavy (non-hydrogen) atoms. The summed E-state index contributed by atoms with van der Waals surface area (Å²) in [6.07, 6.45) is 1.33. The molecular weight excluding hydrogens is 797 g/mol. The summed E-state index contributed by atoms with van der Waals surface area (Å²) in [4.78, 5) is 80.5.